The van der Waals surface area contributed by atoms with E-state index in [1.165, 1.54) is 24.3 Å². The van der Waals surface area contributed by atoms with Crippen molar-refractivity contribution in [2.45, 2.75) is 44.8 Å². The molecule has 10 heteroatoms. The molecule has 0 saturated heterocycles. The van der Waals surface area contributed by atoms with Gasteiger partial charge in [-0.15, -0.1) is 0 Å². The van der Waals surface area contributed by atoms with E-state index >= 15 is 0 Å². The summed E-state index contributed by atoms with van der Waals surface area (Å²) in [6, 6.07) is 2.19. The zero-order chi connectivity index (χ0) is 23.3. The summed E-state index contributed by atoms with van der Waals surface area (Å²) < 4.78 is 42.9. The first-order chi connectivity index (χ1) is 14.4. The van der Waals surface area contributed by atoms with Gasteiger partial charge in [-0.2, -0.15) is 13.2 Å². The molecule has 7 nitrogen and oxygen atoms in total. The lowest BCUT2D eigenvalue weighted by molar-refractivity contribution is -0.127. The number of cyclic esters (lactones) is 1. The number of aliphatic hydroxyl groups is 2. The Morgan fingerprint density at radius 3 is 2.48 bits per heavy atom. The van der Waals surface area contributed by atoms with Gasteiger partial charge in [0.1, 0.15) is 30.1 Å². The maximum atomic E-state index is 12.7. The van der Waals surface area contributed by atoms with Crippen LogP contribution in [0.3, 0.4) is 0 Å². The fraction of sp³-hybridized carbons (Fsp3) is 0.429. The molecule has 0 unspecified atom stereocenters. The number of hydrogen-bond donors (Lipinski definition) is 4. The number of phenolic OH excluding ortho intramolecular Hbond substituents is 1. The monoisotopic (exact) mass is 443 g/mol. The van der Waals surface area contributed by atoms with Crippen molar-refractivity contribution in [3.63, 3.8) is 0 Å². The first kappa shape index (κ1) is 24.4. The van der Waals surface area contributed by atoms with Crippen molar-refractivity contribution >= 4 is 23.5 Å². The van der Waals surface area contributed by atoms with Gasteiger partial charge in [0, 0.05) is 17.7 Å². The summed E-state index contributed by atoms with van der Waals surface area (Å²) in [6.07, 6.45) is -3.43. The van der Waals surface area contributed by atoms with E-state index < -0.39 is 54.5 Å². The third-order valence-corrected chi connectivity index (χ3v) is 4.77. The minimum absolute atomic E-state index is 0.0372. The average molecular weight is 443 g/mol. The molecule has 1 aromatic rings. The zero-order valence-corrected chi connectivity index (χ0v) is 16.9. The number of ketones is 1. The van der Waals surface area contributed by atoms with E-state index in [1.54, 1.807) is 13.8 Å². The zero-order valence-electron chi connectivity index (χ0n) is 16.9. The number of carbonyl (C=O) groups excluding carboxylic acids is 2. The molecule has 0 fully saturated rings. The first-order valence-electron chi connectivity index (χ1n) is 9.52. The molecule has 0 aliphatic carbocycles. The third-order valence-electron chi connectivity index (χ3n) is 4.77. The van der Waals surface area contributed by atoms with Gasteiger partial charge in [-0.25, -0.2) is 4.79 Å². The van der Waals surface area contributed by atoms with Gasteiger partial charge in [0.05, 0.1) is 6.10 Å². The summed E-state index contributed by atoms with van der Waals surface area (Å²) in [5.74, 6) is -2.67. The predicted octanol–water partition coefficient (Wildman–Crippen LogP) is 2.81. The molecule has 2 rings (SSSR count). The minimum atomic E-state index is -4.50. The van der Waals surface area contributed by atoms with Gasteiger partial charge >= 0.3 is 12.1 Å². The number of anilines is 1. The van der Waals surface area contributed by atoms with E-state index in [9.17, 15) is 38.1 Å². The summed E-state index contributed by atoms with van der Waals surface area (Å²) in [4.78, 5) is 24.7. The number of benzene rings is 1. The second-order valence-corrected chi connectivity index (χ2v) is 7.31. The SMILES string of the molecule is C[C@@H]1/C=C\C(=O)[C@@H](O)[C@@H](O)C/C=C/c2cc(NCC(F)(F)F)cc(O)c2C(=O)O[C@H]1C. The van der Waals surface area contributed by atoms with E-state index in [2.05, 4.69) is 5.32 Å². The van der Waals surface area contributed by atoms with Crippen LogP contribution in [0.1, 0.15) is 36.2 Å². The van der Waals surface area contributed by atoms with Crippen LogP contribution in [-0.4, -0.2) is 58.1 Å². The largest absolute Gasteiger partial charge is 0.507 e. The highest BCUT2D eigenvalue weighted by molar-refractivity contribution is 5.97. The number of nitrogens with one attached hydrogen (secondary N) is 1. The summed E-state index contributed by atoms with van der Waals surface area (Å²) in [5, 5.41) is 32.4. The quantitative estimate of drug-likeness (QED) is 0.520. The van der Waals surface area contributed by atoms with Crippen LogP contribution in [0.2, 0.25) is 0 Å². The molecular weight excluding hydrogens is 419 g/mol. The molecule has 1 aromatic carbocycles. The summed E-state index contributed by atoms with van der Waals surface area (Å²) in [7, 11) is 0. The number of hydrogen-bond acceptors (Lipinski definition) is 7. The first-order valence-corrected chi connectivity index (χ1v) is 9.52. The molecule has 1 aliphatic heterocycles. The van der Waals surface area contributed by atoms with Crippen LogP contribution < -0.4 is 5.32 Å². The molecule has 1 aliphatic rings. The fourth-order valence-electron chi connectivity index (χ4n) is 2.80. The average Bonchev–Trinajstić information content (AvgIpc) is 2.67. The number of rotatable bonds is 2. The number of aliphatic hydroxyl groups excluding tert-OH is 2. The van der Waals surface area contributed by atoms with E-state index in [1.807, 2.05) is 0 Å². The number of esters is 1. The number of phenols is 1. The van der Waals surface area contributed by atoms with E-state index in [0.29, 0.717) is 0 Å². The molecule has 170 valence electrons. The van der Waals surface area contributed by atoms with Gasteiger partial charge < -0.3 is 25.4 Å². The summed E-state index contributed by atoms with van der Waals surface area (Å²) >= 11 is 0. The number of halogens is 3. The molecule has 31 heavy (non-hydrogen) atoms. The van der Waals surface area contributed by atoms with Crippen LogP contribution in [0, 0.1) is 5.92 Å². The molecule has 0 bridgehead atoms. The summed E-state index contributed by atoms with van der Waals surface area (Å²) in [6.45, 7) is 1.86. The molecule has 0 aromatic heterocycles. The Balaban J connectivity index is 2.47. The molecular formula is C21H24F3NO6. The molecule has 4 N–H and O–H groups in total. The number of ether oxygens (including phenoxy) is 1. The Kier molecular flexibility index (Phi) is 7.85. The van der Waals surface area contributed by atoms with E-state index in [-0.39, 0.29) is 23.2 Å². The number of carbonyl (C=O) groups is 2. The van der Waals surface area contributed by atoms with Crippen molar-refractivity contribution in [2.75, 3.05) is 11.9 Å². The van der Waals surface area contributed by atoms with Crippen LogP contribution in [0.5, 0.6) is 5.75 Å². The van der Waals surface area contributed by atoms with Crippen molar-refractivity contribution in [3.05, 3.63) is 41.5 Å². The van der Waals surface area contributed by atoms with Crippen molar-refractivity contribution < 1.29 is 42.8 Å². The predicted molar refractivity (Wildman–Crippen MR) is 107 cm³/mol. The number of alkyl halides is 3. The smallest absolute Gasteiger partial charge is 0.405 e. The lowest BCUT2D eigenvalue weighted by Gasteiger charge is -2.20. The molecule has 0 saturated carbocycles. The molecule has 0 spiro atoms. The Morgan fingerprint density at radius 1 is 1.16 bits per heavy atom. The second kappa shape index (κ2) is 9.97. The normalized spacial score (nSPS) is 27.6. The maximum absolute atomic E-state index is 12.7. The molecule has 4 atom stereocenters. The van der Waals surface area contributed by atoms with Crippen LogP contribution >= 0.6 is 0 Å². The van der Waals surface area contributed by atoms with Gasteiger partial charge in [-0.1, -0.05) is 25.2 Å². The van der Waals surface area contributed by atoms with E-state index in [4.69, 9.17) is 4.74 Å². The Labute approximate surface area is 176 Å². The lowest BCUT2D eigenvalue weighted by atomic mass is 9.99. The van der Waals surface area contributed by atoms with Crippen molar-refractivity contribution in [2.24, 2.45) is 5.92 Å². The van der Waals surface area contributed by atoms with Gasteiger partial charge in [0.25, 0.3) is 0 Å². The fourth-order valence-corrected chi connectivity index (χ4v) is 2.80. The van der Waals surface area contributed by atoms with Gasteiger partial charge in [-0.05, 0) is 31.1 Å². The van der Waals surface area contributed by atoms with Crippen molar-refractivity contribution in [3.8, 4) is 5.75 Å². The standard InChI is InChI=1S/C21H24F3NO6/c1-11-6-7-16(27)19(29)15(26)5-3-4-13-8-14(25-10-21(22,23)24)9-17(28)18(13)20(30)31-12(11)2/h3-4,6-9,11-12,15,19,25-26,28-29H,5,10H2,1-2H3/b4-3+,7-6-/t11-,12+,15+,19+/m1/s1. The van der Waals surface area contributed by atoms with Crippen molar-refractivity contribution in [1.82, 2.24) is 0 Å². The molecule has 0 amide bonds. The lowest BCUT2D eigenvalue weighted by Crippen LogP contribution is -2.32. The Bertz CT molecular complexity index is 881. The van der Waals surface area contributed by atoms with Crippen LogP contribution in [-0.2, 0) is 9.53 Å². The van der Waals surface area contributed by atoms with Crippen LogP contribution in [0.15, 0.2) is 30.4 Å². The van der Waals surface area contributed by atoms with Crippen molar-refractivity contribution in [1.29, 1.82) is 0 Å². The number of fused-ring (bicyclic) bond motifs is 1. The van der Waals surface area contributed by atoms with Gasteiger partial charge in [-0.3, -0.25) is 4.79 Å². The second-order valence-electron chi connectivity index (χ2n) is 7.31. The third kappa shape index (κ3) is 6.83. The molecule has 1 heterocycles. The van der Waals surface area contributed by atoms with Gasteiger partial charge in [0.2, 0.25) is 0 Å². The van der Waals surface area contributed by atoms with Crippen LogP contribution in [0.4, 0.5) is 18.9 Å². The maximum Gasteiger partial charge on any atom is 0.405 e. The topological polar surface area (TPSA) is 116 Å². The highest BCUT2D eigenvalue weighted by Gasteiger charge is 2.28. The highest BCUT2D eigenvalue weighted by Crippen LogP contribution is 2.30. The number of aromatic hydroxyl groups is 1. The van der Waals surface area contributed by atoms with E-state index in [0.717, 1.165) is 12.1 Å². The Hall–Kier alpha value is -2.85. The van der Waals surface area contributed by atoms with Gasteiger partial charge in [0.15, 0.2) is 5.78 Å². The summed E-state index contributed by atoms with van der Waals surface area (Å²) in [5.41, 5.74) is -0.317. The highest BCUT2D eigenvalue weighted by atomic mass is 19.4. The van der Waals surface area contributed by atoms with Crippen LogP contribution in [0.25, 0.3) is 6.08 Å². The minimum Gasteiger partial charge on any atom is -0.507 e. The molecule has 0 radical (unpaired) electrons. The Morgan fingerprint density at radius 2 is 1.84 bits per heavy atom.